The zero-order valence-corrected chi connectivity index (χ0v) is 17.1. The zero-order chi connectivity index (χ0) is 20.2. The maximum absolute atomic E-state index is 12.4. The molecule has 8 heteroatoms. The number of hydrogen-bond acceptors (Lipinski definition) is 5. The van der Waals surface area contributed by atoms with Gasteiger partial charge in [-0.3, -0.25) is 4.79 Å². The fourth-order valence-corrected chi connectivity index (χ4v) is 3.62. The van der Waals surface area contributed by atoms with E-state index < -0.39 is 0 Å². The summed E-state index contributed by atoms with van der Waals surface area (Å²) in [5.74, 6) is 0.823. The molecule has 0 saturated carbocycles. The monoisotopic (exact) mass is 424 g/mol. The number of halogens is 1. The molecule has 4 rings (SSSR count). The molecule has 1 N–H and O–H groups in total. The number of carbonyl (C=O) groups excluding carboxylic acids is 1. The van der Waals surface area contributed by atoms with Crippen molar-refractivity contribution in [3.8, 4) is 22.1 Å². The van der Waals surface area contributed by atoms with Crippen molar-refractivity contribution in [1.29, 1.82) is 0 Å². The van der Waals surface area contributed by atoms with Gasteiger partial charge in [0.15, 0.2) is 6.61 Å². The van der Waals surface area contributed by atoms with Gasteiger partial charge in [0, 0.05) is 22.0 Å². The number of benzene rings is 2. The van der Waals surface area contributed by atoms with Crippen LogP contribution in [0.5, 0.6) is 5.75 Å². The van der Waals surface area contributed by atoms with Crippen LogP contribution in [0.3, 0.4) is 0 Å². The Morgan fingerprint density at radius 3 is 2.69 bits per heavy atom. The lowest BCUT2D eigenvalue weighted by Crippen LogP contribution is -2.21. The Labute approximate surface area is 176 Å². The van der Waals surface area contributed by atoms with E-state index in [1.54, 1.807) is 35.0 Å². The summed E-state index contributed by atoms with van der Waals surface area (Å²) in [4.78, 5) is 17.0. The highest BCUT2D eigenvalue weighted by Gasteiger charge is 2.15. The van der Waals surface area contributed by atoms with E-state index in [4.69, 9.17) is 16.3 Å². The van der Waals surface area contributed by atoms with Crippen LogP contribution in [0.2, 0.25) is 5.02 Å². The second kappa shape index (κ2) is 8.46. The first-order valence-electron chi connectivity index (χ1n) is 8.85. The lowest BCUT2D eigenvalue weighted by atomic mass is 10.2. The number of ether oxygens (including phenoxy) is 1. The number of hydrogen-bond donors (Lipinski definition) is 1. The van der Waals surface area contributed by atoms with Gasteiger partial charge in [0.1, 0.15) is 11.6 Å². The van der Waals surface area contributed by atoms with Crippen molar-refractivity contribution in [2.24, 2.45) is 0 Å². The zero-order valence-electron chi connectivity index (χ0n) is 15.5. The third-order valence-electron chi connectivity index (χ3n) is 4.03. The van der Waals surface area contributed by atoms with Gasteiger partial charge in [0.2, 0.25) is 5.13 Å². The van der Waals surface area contributed by atoms with Crippen LogP contribution in [0.15, 0.2) is 66.0 Å². The molecule has 2 aromatic carbocycles. The van der Waals surface area contributed by atoms with E-state index in [9.17, 15) is 4.79 Å². The van der Waals surface area contributed by atoms with Gasteiger partial charge in [-0.2, -0.15) is 9.78 Å². The van der Waals surface area contributed by atoms with Crippen LogP contribution in [0, 0.1) is 6.92 Å². The van der Waals surface area contributed by atoms with E-state index in [1.165, 1.54) is 11.3 Å². The van der Waals surface area contributed by atoms with Crippen LogP contribution in [-0.2, 0) is 4.79 Å². The number of amides is 1. The molecular formula is C21H17ClN4O2S. The van der Waals surface area contributed by atoms with Gasteiger partial charge in [-0.05, 0) is 31.2 Å². The largest absolute Gasteiger partial charge is 0.484 e. The fourth-order valence-electron chi connectivity index (χ4n) is 2.70. The highest BCUT2D eigenvalue weighted by atomic mass is 35.5. The van der Waals surface area contributed by atoms with Gasteiger partial charge in [-0.25, -0.2) is 4.98 Å². The molecule has 0 radical (unpaired) electrons. The van der Waals surface area contributed by atoms with Gasteiger partial charge >= 0.3 is 0 Å². The Morgan fingerprint density at radius 2 is 1.93 bits per heavy atom. The van der Waals surface area contributed by atoms with Crippen molar-refractivity contribution in [1.82, 2.24) is 14.8 Å². The first kappa shape index (κ1) is 19.2. The molecule has 0 aliphatic rings. The maximum Gasteiger partial charge on any atom is 0.263 e. The molecule has 0 bridgehead atoms. The van der Waals surface area contributed by atoms with E-state index in [-0.39, 0.29) is 12.5 Å². The summed E-state index contributed by atoms with van der Waals surface area (Å²) in [5.41, 5.74) is 2.67. The molecule has 0 aliphatic heterocycles. The maximum atomic E-state index is 12.4. The van der Waals surface area contributed by atoms with Crippen LogP contribution >= 0.6 is 22.9 Å². The summed E-state index contributed by atoms with van der Waals surface area (Å²) in [6.45, 7) is 1.74. The lowest BCUT2D eigenvalue weighted by Gasteiger charge is -2.08. The van der Waals surface area contributed by atoms with E-state index >= 15 is 0 Å². The Balaban J connectivity index is 1.48. The summed E-state index contributed by atoms with van der Waals surface area (Å²) in [7, 11) is 0. The van der Waals surface area contributed by atoms with Crippen molar-refractivity contribution in [3.05, 3.63) is 76.8 Å². The highest BCUT2D eigenvalue weighted by Crippen LogP contribution is 2.26. The average Bonchev–Trinajstić information content (AvgIpc) is 3.35. The van der Waals surface area contributed by atoms with Gasteiger partial charge in [0.05, 0.1) is 11.4 Å². The van der Waals surface area contributed by atoms with Crippen LogP contribution in [0.25, 0.3) is 16.4 Å². The molecular weight excluding hydrogens is 408 g/mol. The number of thiazole rings is 1. The van der Waals surface area contributed by atoms with Crippen LogP contribution in [0.4, 0.5) is 5.82 Å². The Morgan fingerprint density at radius 1 is 1.17 bits per heavy atom. The molecule has 0 spiro atoms. The van der Waals surface area contributed by atoms with Crippen molar-refractivity contribution in [3.63, 3.8) is 0 Å². The Kier molecular flexibility index (Phi) is 5.59. The quantitative estimate of drug-likeness (QED) is 0.474. The summed E-state index contributed by atoms with van der Waals surface area (Å²) < 4.78 is 7.13. The number of carbonyl (C=O) groups is 1. The number of aryl methyl sites for hydroxylation is 1. The second-order valence-corrected chi connectivity index (χ2v) is 7.53. The van der Waals surface area contributed by atoms with Crippen LogP contribution < -0.4 is 10.1 Å². The highest BCUT2D eigenvalue weighted by molar-refractivity contribution is 7.12. The summed E-state index contributed by atoms with van der Waals surface area (Å²) >= 11 is 7.31. The first-order valence-corrected chi connectivity index (χ1v) is 10.1. The van der Waals surface area contributed by atoms with Gasteiger partial charge in [-0.1, -0.05) is 41.9 Å². The van der Waals surface area contributed by atoms with E-state index in [2.05, 4.69) is 15.4 Å². The van der Waals surface area contributed by atoms with Crippen LogP contribution in [0.1, 0.15) is 5.69 Å². The summed E-state index contributed by atoms with van der Waals surface area (Å²) in [6, 6.07) is 18.6. The summed E-state index contributed by atoms with van der Waals surface area (Å²) in [5, 5.41) is 10.6. The number of nitrogens with zero attached hydrogens (tertiary/aromatic N) is 3. The predicted octanol–water partition coefficient (Wildman–Crippen LogP) is 4.98. The molecule has 4 aromatic rings. The molecule has 2 aromatic heterocycles. The number of rotatable bonds is 6. The minimum Gasteiger partial charge on any atom is -0.484 e. The second-order valence-electron chi connectivity index (χ2n) is 6.25. The number of aromatic nitrogens is 3. The molecule has 29 heavy (non-hydrogen) atoms. The van der Waals surface area contributed by atoms with Crippen molar-refractivity contribution in [2.75, 3.05) is 11.9 Å². The van der Waals surface area contributed by atoms with Crippen molar-refractivity contribution in [2.45, 2.75) is 6.92 Å². The van der Waals surface area contributed by atoms with Crippen molar-refractivity contribution >= 4 is 34.7 Å². The van der Waals surface area contributed by atoms with E-state index in [0.29, 0.717) is 21.7 Å². The molecule has 2 heterocycles. The number of nitrogens with one attached hydrogen (secondary N) is 1. The standard InChI is InChI=1S/C21H17ClN4O2S/c1-14-11-19(24-20(27)12-28-17-9-7-16(22)8-10-17)26(25-14)21-23-18(13-29-21)15-5-3-2-4-6-15/h2-11,13H,12H2,1H3,(H,24,27). The van der Waals surface area contributed by atoms with E-state index in [0.717, 1.165) is 17.0 Å². The molecule has 0 fully saturated rings. The van der Waals surface area contributed by atoms with E-state index in [1.807, 2.05) is 42.6 Å². The van der Waals surface area contributed by atoms with Gasteiger partial charge in [0.25, 0.3) is 5.91 Å². The molecule has 0 aliphatic carbocycles. The smallest absolute Gasteiger partial charge is 0.263 e. The fraction of sp³-hybridized carbons (Fsp3) is 0.0952. The number of anilines is 1. The normalized spacial score (nSPS) is 10.7. The van der Waals surface area contributed by atoms with Gasteiger partial charge < -0.3 is 10.1 Å². The minimum atomic E-state index is -0.291. The third kappa shape index (κ3) is 4.64. The molecule has 0 unspecified atom stereocenters. The molecule has 146 valence electrons. The molecule has 6 nitrogen and oxygen atoms in total. The topological polar surface area (TPSA) is 69.0 Å². The third-order valence-corrected chi connectivity index (χ3v) is 5.09. The first-order chi connectivity index (χ1) is 14.1. The SMILES string of the molecule is Cc1cc(NC(=O)COc2ccc(Cl)cc2)n(-c2nc(-c3ccccc3)cs2)n1. The molecule has 0 atom stereocenters. The predicted molar refractivity (Wildman–Crippen MR) is 115 cm³/mol. The minimum absolute atomic E-state index is 0.126. The summed E-state index contributed by atoms with van der Waals surface area (Å²) in [6.07, 6.45) is 0. The molecule has 1 amide bonds. The molecule has 0 saturated heterocycles. The van der Waals surface area contributed by atoms with Crippen LogP contribution in [-0.4, -0.2) is 27.3 Å². The Hall–Kier alpha value is -3.16. The van der Waals surface area contributed by atoms with Gasteiger partial charge in [-0.15, -0.1) is 11.3 Å². The lowest BCUT2D eigenvalue weighted by molar-refractivity contribution is -0.118. The Bertz CT molecular complexity index is 1120. The average molecular weight is 425 g/mol. The van der Waals surface area contributed by atoms with Crippen molar-refractivity contribution < 1.29 is 9.53 Å².